The molecular weight excluding hydrogens is 390 g/mol. The van der Waals surface area contributed by atoms with Crippen LogP contribution in [0.3, 0.4) is 0 Å². The summed E-state index contributed by atoms with van der Waals surface area (Å²) in [5.41, 5.74) is 3.50. The van der Waals surface area contributed by atoms with Crippen molar-refractivity contribution in [1.82, 2.24) is 20.2 Å². The van der Waals surface area contributed by atoms with E-state index in [-0.39, 0.29) is 4.90 Å². The van der Waals surface area contributed by atoms with Crippen molar-refractivity contribution in [2.24, 2.45) is 5.14 Å². The molecule has 0 aliphatic heterocycles. The lowest BCUT2D eigenvalue weighted by molar-refractivity contribution is 0.598. The Balaban J connectivity index is 1.57. The van der Waals surface area contributed by atoms with Crippen LogP contribution >= 0.6 is 0 Å². The van der Waals surface area contributed by atoms with E-state index in [2.05, 4.69) is 25.5 Å². The molecule has 0 saturated heterocycles. The normalized spacial score (nSPS) is 11.6. The molecule has 0 bridgehead atoms. The zero-order valence-corrected chi connectivity index (χ0v) is 16.6. The summed E-state index contributed by atoms with van der Waals surface area (Å²) in [7, 11) is -1.81. The number of hydrogen-bond acceptors (Lipinski definition) is 7. The molecule has 2 heterocycles. The third-order valence-corrected chi connectivity index (χ3v) is 5.48. The van der Waals surface area contributed by atoms with E-state index >= 15 is 0 Å². The molecule has 0 aliphatic rings. The third-order valence-electron chi connectivity index (χ3n) is 4.55. The van der Waals surface area contributed by atoms with Gasteiger partial charge in [-0.25, -0.2) is 18.5 Å². The molecule has 0 unspecified atom stereocenters. The topological polar surface area (TPSA) is 130 Å². The van der Waals surface area contributed by atoms with Crippen LogP contribution in [0.4, 0.5) is 23.1 Å². The fraction of sp³-hybridized carbons (Fsp3) is 0.105. The zero-order valence-electron chi connectivity index (χ0n) is 15.8. The standard InChI is InChI=1S/C19H19N7O2S/c1-12-16-8-5-14(11-17(16)25-24-12)26(2)18-9-10-21-19(23-18)22-13-3-6-15(7-4-13)29(20,27)28/h3-11H,1-2H3,(H,24,25)(H2,20,27,28)(H,21,22,23). The molecule has 4 rings (SSSR count). The van der Waals surface area contributed by atoms with Gasteiger partial charge in [-0.05, 0) is 55.5 Å². The Morgan fingerprint density at radius 1 is 1.10 bits per heavy atom. The Morgan fingerprint density at radius 2 is 1.86 bits per heavy atom. The lowest BCUT2D eigenvalue weighted by Gasteiger charge is -2.19. The van der Waals surface area contributed by atoms with Crippen molar-refractivity contribution in [2.45, 2.75) is 11.8 Å². The number of nitrogens with zero attached hydrogens (tertiary/aromatic N) is 4. The van der Waals surface area contributed by atoms with Gasteiger partial charge in [-0.3, -0.25) is 5.10 Å². The summed E-state index contributed by atoms with van der Waals surface area (Å²) in [4.78, 5) is 10.7. The highest BCUT2D eigenvalue weighted by atomic mass is 32.2. The van der Waals surface area contributed by atoms with E-state index in [4.69, 9.17) is 5.14 Å². The molecule has 0 saturated carbocycles. The van der Waals surface area contributed by atoms with Crippen molar-refractivity contribution in [2.75, 3.05) is 17.3 Å². The predicted octanol–water partition coefficient (Wildman–Crippen LogP) is 2.82. The van der Waals surface area contributed by atoms with Crippen LogP contribution in [0.5, 0.6) is 0 Å². The molecule has 0 spiro atoms. The minimum atomic E-state index is -3.73. The number of fused-ring (bicyclic) bond motifs is 1. The van der Waals surface area contributed by atoms with Crippen molar-refractivity contribution in [3.63, 3.8) is 0 Å². The summed E-state index contributed by atoms with van der Waals surface area (Å²) in [6.45, 7) is 1.96. The number of benzene rings is 2. The maximum Gasteiger partial charge on any atom is 0.238 e. The second-order valence-electron chi connectivity index (χ2n) is 6.53. The first-order valence-electron chi connectivity index (χ1n) is 8.73. The van der Waals surface area contributed by atoms with Gasteiger partial charge in [0, 0.05) is 30.0 Å². The van der Waals surface area contributed by atoms with Crippen LogP contribution in [-0.2, 0) is 10.0 Å². The van der Waals surface area contributed by atoms with Crippen LogP contribution in [0, 0.1) is 6.92 Å². The first-order chi connectivity index (χ1) is 13.8. The lowest BCUT2D eigenvalue weighted by atomic mass is 10.2. The van der Waals surface area contributed by atoms with Crippen molar-refractivity contribution >= 4 is 44.1 Å². The minimum Gasteiger partial charge on any atom is -0.329 e. The SMILES string of the molecule is Cc1n[nH]c2cc(N(C)c3ccnc(Nc4ccc(S(N)(=O)=O)cc4)n3)ccc12. The van der Waals surface area contributed by atoms with E-state index in [0.29, 0.717) is 17.5 Å². The maximum absolute atomic E-state index is 11.4. The van der Waals surface area contributed by atoms with Gasteiger partial charge in [0.05, 0.1) is 16.1 Å². The van der Waals surface area contributed by atoms with Crippen LogP contribution < -0.4 is 15.4 Å². The number of primary sulfonamides is 1. The number of aromatic nitrogens is 4. The van der Waals surface area contributed by atoms with Crippen LogP contribution in [0.15, 0.2) is 59.6 Å². The summed E-state index contributed by atoms with van der Waals surface area (Å²) in [5.74, 6) is 1.08. The number of aryl methyl sites for hydroxylation is 1. The molecule has 9 nitrogen and oxygen atoms in total. The third kappa shape index (κ3) is 3.89. The van der Waals surface area contributed by atoms with Crippen molar-refractivity contribution in [3.8, 4) is 0 Å². The number of aromatic amines is 1. The van der Waals surface area contributed by atoms with Gasteiger partial charge in [0.25, 0.3) is 0 Å². The fourth-order valence-electron chi connectivity index (χ4n) is 2.94. The number of nitrogens with two attached hydrogens (primary N) is 1. The number of H-pyrrole nitrogens is 1. The van der Waals surface area contributed by atoms with Gasteiger partial charge in [0.2, 0.25) is 16.0 Å². The molecule has 29 heavy (non-hydrogen) atoms. The summed E-state index contributed by atoms with van der Waals surface area (Å²) >= 11 is 0. The molecule has 10 heteroatoms. The largest absolute Gasteiger partial charge is 0.329 e. The Bertz CT molecular complexity index is 1280. The van der Waals surface area contributed by atoms with Gasteiger partial charge < -0.3 is 10.2 Å². The quantitative estimate of drug-likeness (QED) is 0.462. The van der Waals surface area contributed by atoms with Crippen LogP contribution in [0.2, 0.25) is 0 Å². The van der Waals surface area contributed by atoms with E-state index in [1.807, 2.05) is 37.1 Å². The highest BCUT2D eigenvalue weighted by molar-refractivity contribution is 7.89. The summed E-state index contributed by atoms with van der Waals surface area (Å²) in [6.07, 6.45) is 1.65. The Morgan fingerprint density at radius 3 is 2.59 bits per heavy atom. The molecule has 148 valence electrons. The van der Waals surface area contributed by atoms with E-state index < -0.39 is 10.0 Å². The highest BCUT2D eigenvalue weighted by Crippen LogP contribution is 2.27. The van der Waals surface area contributed by atoms with Gasteiger partial charge >= 0.3 is 0 Å². The van der Waals surface area contributed by atoms with Gasteiger partial charge in [0.15, 0.2) is 0 Å². The van der Waals surface area contributed by atoms with Gasteiger partial charge in [-0.1, -0.05) is 0 Å². The van der Waals surface area contributed by atoms with Crippen LogP contribution in [0.25, 0.3) is 10.9 Å². The Labute approximate surface area is 167 Å². The first kappa shape index (κ1) is 18.8. The second kappa shape index (κ2) is 7.15. The van der Waals surface area contributed by atoms with Gasteiger partial charge in [-0.15, -0.1) is 0 Å². The Kier molecular flexibility index (Phi) is 4.65. The molecule has 0 fully saturated rings. The fourth-order valence-corrected chi connectivity index (χ4v) is 3.45. The predicted molar refractivity (Wildman–Crippen MR) is 112 cm³/mol. The maximum atomic E-state index is 11.4. The first-order valence-corrected chi connectivity index (χ1v) is 10.3. The molecule has 4 aromatic rings. The molecule has 0 aliphatic carbocycles. The number of nitrogens with one attached hydrogen (secondary N) is 2. The van der Waals surface area contributed by atoms with Crippen LogP contribution in [0.1, 0.15) is 5.69 Å². The van der Waals surface area contributed by atoms with E-state index in [9.17, 15) is 8.42 Å². The molecule has 2 aromatic heterocycles. The average molecular weight is 409 g/mol. The molecular formula is C19H19N7O2S. The van der Waals surface area contributed by atoms with Crippen molar-refractivity contribution < 1.29 is 8.42 Å². The molecule has 0 radical (unpaired) electrons. The summed E-state index contributed by atoms with van der Waals surface area (Å²) in [5, 5.41) is 16.5. The molecule has 0 amide bonds. The van der Waals surface area contributed by atoms with E-state index in [1.165, 1.54) is 12.1 Å². The monoisotopic (exact) mass is 409 g/mol. The van der Waals surface area contributed by atoms with E-state index in [1.54, 1.807) is 24.4 Å². The second-order valence-corrected chi connectivity index (χ2v) is 8.09. The number of hydrogen-bond donors (Lipinski definition) is 3. The van der Waals surface area contributed by atoms with Gasteiger partial charge in [-0.2, -0.15) is 10.1 Å². The number of rotatable bonds is 5. The van der Waals surface area contributed by atoms with Crippen molar-refractivity contribution in [1.29, 1.82) is 0 Å². The zero-order chi connectivity index (χ0) is 20.6. The molecule has 2 aromatic carbocycles. The van der Waals surface area contributed by atoms with E-state index in [0.717, 1.165) is 22.3 Å². The van der Waals surface area contributed by atoms with Gasteiger partial charge in [0.1, 0.15) is 5.82 Å². The van der Waals surface area contributed by atoms with Crippen molar-refractivity contribution in [3.05, 3.63) is 60.4 Å². The highest BCUT2D eigenvalue weighted by Gasteiger charge is 2.11. The minimum absolute atomic E-state index is 0.0434. The summed E-state index contributed by atoms with van der Waals surface area (Å²) in [6, 6.07) is 13.9. The average Bonchev–Trinajstić information content (AvgIpc) is 3.07. The van der Waals surface area contributed by atoms with Crippen LogP contribution in [-0.4, -0.2) is 35.6 Å². The molecule has 0 atom stereocenters. The molecule has 4 N–H and O–H groups in total. The summed E-state index contributed by atoms with van der Waals surface area (Å²) < 4.78 is 22.7. The Hall–Kier alpha value is -3.50. The lowest BCUT2D eigenvalue weighted by Crippen LogP contribution is -2.12. The number of sulfonamides is 1. The smallest absolute Gasteiger partial charge is 0.238 e. The number of anilines is 4.